The van der Waals surface area contributed by atoms with Crippen LogP contribution in [0.2, 0.25) is 0 Å². The van der Waals surface area contributed by atoms with Crippen LogP contribution < -0.4 is 4.72 Å². The molecule has 18 heavy (non-hydrogen) atoms. The van der Waals surface area contributed by atoms with Gasteiger partial charge in [-0.25, -0.2) is 17.7 Å². The number of nitrogens with zero attached hydrogens (tertiary/aromatic N) is 3. The van der Waals surface area contributed by atoms with Crippen molar-refractivity contribution in [1.82, 2.24) is 18.9 Å². The Morgan fingerprint density at radius 1 is 1.44 bits per heavy atom. The minimum absolute atomic E-state index is 0.153. The van der Waals surface area contributed by atoms with E-state index >= 15 is 0 Å². The van der Waals surface area contributed by atoms with Crippen molar-refractivity contribution in [2.45, 2.75) is 31.6 Å². The number of imidazole rings is 1. The van der Waals surface area contributed by atoms with Crippen molar-refractivity contribution in [3.63, 3.8) is 0 Å². The van der Waals surface area contributed by atoms with Crippen LogP contribution >= 0.6 is 0 Å². The van der Waals surface area contributed by atoms with Crippen LogP contribution in [0.1, 0.15) is 18.5 Å². The standard InChI is InChI=1S/C11H16N4O2S/c1-9-8-11-14(6-7-15(11)13-9)5-4-12-18(16,17)10-2-3-10/h6-8,10,12H,2-5H2,1H3. The molecule has 0 bridgehead atoms. The predicted octanol–water partition coefficient (Wildman–Crippen LogP) is 0.526. The zero-order chi connectivity index (χ0) is 12.8. The van der Waals surface area contributed by atoms with Gasteiger partial charge in [-0.2, -0.15) is 5.10 Å². The van der Waals surface area contributed by atoms with E-state index in [4.69, 9.17) is 0 Å². The first-order valence-electron chi connectivity index (χ1n) is 6.06. The maximum absolute atomic E-state index is 11.7. The lowest BCUT2D eigenvalue weighted by Gasteiger charge is -2.06. The molecule has 2 heterocycles. The van der Waals surface area contributed by atoms with Gasteiger partial charge in [0.2, 0.25) is 10.0 Å². The summed E-state index contributed by atoms with van der Waals surface area (Å²) in [5, 5.41) is 4.13. The van der Waals surface area contributed by atoms with Crippen molar-refractivity contribution < 1.29 is 8.42 Å². The monoisotopic (exact) mass is 268 g/mol. The topological polar surface area (TPSA) is 68.4 Å². The molecule has 0 atom stereocenters. The molecule has 0 amide bonds. The van der Waals surface area contributed by atoms with Crippen LogP contribution in [-0.4, -0.2) is 34.4 Å². The van der Waals surface area contributed by atoms with Gasteiger partial charge in [0.25, 0.3) is 0 Å². The summed E-state index contributed by atoms with van der Waals surface area (Å²) in [5.74, 6) is 0. The van der Waals surface area contributed by atoms with Gasteiger partial charge in [-0.05, 0) is 19.8 Å². The Kier molecular flexibility index (Phi) is 2.67. The Bertz CT molecular complexity index is 666. The fraction of sp³-hybridized carbons (Fsp3) is 0.545. The zero-order valence-electron chi connectivity index (χ0n) is 10.2. The highest BCUT2D eigenvalue weighted by Crippen LogP contribution is 2.27. The molecule has 1 aliphatic rings. The van der Waals surface area contributed by atoms with Crippen molar-refractivity contribution >= 4 is 15.7 Å². The lowest BCUT2D eigenvalue weighted by molar-refractivity contribution is 0.573. The molecule has 7 heteroatoms. The van der Waals surface area contributed by atoms with E-state index in [1.54, 1.807) is 4.52 Å². The van der Waals surface area contributed by atoms with E-state index in [9.17, 15) is 8.42 Å². The third-order valence-corrected chi connectivity index (χ3v) is 5.09. The van der Waals surface area contributed by atoms with Gasteiger partial charge in [-0.15, -0.1) is 0 Å². The number of fused-ring (bicyclic) bond motifs is 1. The molecule has 1 saturated carbocycles. The molecule has 1 fully saturated rings. The molecule has 0 aromatic carbocycles. The van der Waals surface area contributed by atoms with Gasteiger partial charge in [-0.3, -0.25) is 0 Å². The minimum atomic E-state index is -3.07. The van der Waals surface area contributed by atoms with E-state index < -0.39 is 10.0 Å². The van der Waals surface area contributed by atoms with E-state index in [1.807, 2.05) is 30.0 Å². The number of sulfonamides is 1. The second-order valence-corrected chi connectivity index (χ2v) is 6.76. The Morgan fingerprint density at radius 3 is 2.94 bits per heavy atom. The second-order valence-electron chi connectivity index (χ2n) is 4.72. The molecule has 1 N–H and O–H groups in total. The summed E-state index contributed by atoms with van der Waals surface area (Å²) >= 11 is 0. The fourth-order valence-electron chi connectivity index (χ4n) is 2.04. The van der Waals surface area contributed by atoms with Gasteiger partial charge in [0, 0.05) is 31.5 Å². The van der Waals surface area contributed by atoms with E-state index in [1.165, 1.54) is 0 Å². The van der Waals surface area contributed by atoms with Gasteiger partial charge < -0.3 is 4.57 Å². The Morgan fingerprint density at radius 2 is 2.22 bits per heavy atom. The van der Waals surface area contributed by atoms with Crippen molar-refractivity contribution in [2.24, 2.45) is 0 Å². The predicted molar refractivity (Wildman–Crippen MR) is 67.9 cm³/mol. The molecular weight excluding hydrogens is 252 g/mol. The smallest absolute Gasteiger partial charge is 0.214 e. The zero-order valence-corrected chi connectivity index (χ0v) is 11.0. The van der Waals surface area contributed by atoms with Crippen molar-refractivity contribution in [3.8, 4) is 0 Å². The molecule has 2 aromatic rings. The Hall–Kier alpha value is -1.34. The van der Waals surface area contributed by atoms with E-state index in [-0.39, 0.29) is 5.25 Å². The van der Waals surface area contributed by atoms with Crippen molar-refractivity contribution in [1.29, 1.82) is 0 Å². The lowest BCUT2D eigenvalue weighted by atomic mass is 10.5. The SMILES string of the molecule is Cc1cc2n(CCNS(=O)(=O)C3CC3)ccn2n1. The number of nitrogens with one attached hydrogen (secondary N) is 1. The molecular formula is C11H16N4O2S. The third-order valence-electron chi connectivity index (χ3n) is 3.14. The normalized spacial score (nSPS) is 16.5. The van der Waals surface area contributed by atoms with Gasteiger partial charge in [0.1, 0.15) is 5.65 Å². The number of hydrogen-bond donors (Lipinski definition) is 1. The second kappa shape index (κ2) is 4.10. The fourth-order valence-corrected chi connectivity index (χ4v) is 3.41. The van der Waals surface area contributed by atoms with Crippen LogP contribution in [0, 0.1) is 6.92 Å². The molecule has 3 rings (SSSR count). The maximum atomic E-state index is 11.7. The van der Waals surface area contributed by atoms with E-state index in [2.05, 4.69) is 9.82 Å². The summed E-state index contributed by atoms with van der Waals surface area (Å²) in [4.78, 5) is 0. The maximum Gasteiger partial charge on any atom is 0.214 e. The molecule has 0 saturated heterocycles. The van der Waals surface area contributed by atoms with Crippen LogP contribution in [0.3, 0.4) is 0 Å². The lowest BCUT2D eigenvalue weighted by Crippen LogP contribution is -2.30. The largest absolute Gasteiger partial charge is 0.330 e. The molecule has 0 unspecified atom stereocenters. The molecule has 2 aromatic heterocycles. The molecule has 0 radical (unpaired) electrons. The molecule has 98 valence electrons. The first kappa shape index (κ1) is 11.7. The van der Waals surface area contributed by atoms with Crippen LogP contribution in [0.5, 0.6) is 0 Å². The van der Waals surface area contributed by atoms with Gasteiger partial charge in [0.05, 0.1) is 10.9 Å². The summed E-state index contributed by atoms with van der Waals surface area (Å²) in [6.07, 6.45) is 5.38. The molecule has 6 nitrogen and oxygen atoms in total. The number of rotatable bonds is 5. The highest BCUT2D eigenvalue weighted by molar-refractivity contribution is 7.90. The highest BCUT2D eigenvalue weighted by Gasteiger charge is 2.35. The summed E-state index contributed by atoms with van der Waals surface area (Å²) < 4.78 is 29.7. The third kappa shape index (κ3) is 2.15. The quantitative estimate of drug-likeness (QED) is 0.860. The van der Waals surface area contributed by atoms with E-state index in [0.29, 0.717) is 13.1 Å². The average molecular weight is 268 g/mol. The van der Waals surface area contributed by atoms with Crippen LogP contribution in [-0.2, 0) is 16.6 Å². The molecule has 1 aliphatic carbocycles. The Labute approximate surface area is 106 Å². The number of hydrogen-bond acceptors (Lipinski definition) is 3. The summed E-state index contributed by atoms with van der Waals surface area (Å²) in [6.45, 7) is 2.98. The van der Waals surface area contributed by atoms with Gasteiger partial charge in [0.15, 0.2) is 0 Å². The summed E-state index contributed by atoms with van der Waals surface area (Å²) in [6, 6.07) is 1.98. The van der Waals surface area contributed by atoms with Crippen LogP contribution in [0.25, 0.3) is 5.65 Å². The van der Waals surface area contributed by atoms with E-state index in [0.717, 1.165) is 24.2 Å². The molecule has 0 spiro atoms. The van der Waals surface area contributed by atoms with Crippen LogP contribution in [0.15, 0.2) is 18.5 Å². The summed E-state index contributed by atoms with van der Waals surface area (Å²) in [7, 11) is -3.07. The molecule has 0 aliphatic heterocycles. The summed E-state index contributed by atoms with van der Waals surface area (Å²) in [5.41, 5.74) is 1.94. The van der Waals surface area contributed by atoms with Crippen LogP contribution in [0.4, 0.5) is 0 Å². The average Bonchev–Trinajstić information content (AvgIpc) is 3.01. The highest BCUT2D eigenvalue weighted by atomic mass is 32.2. The van der Waals surface area contributed by atoms with Gasteiger partial charge >= 0.3 is 0 Å². The first-order chi connectivity index (χ1) is 8.56. The first-order valence-corrected chi connectivity index (χ1v) is 7.60. The number of aryl methyl sites for hydroxylation is 1. The number of aromatic nitrogens is 3. The van der Waals surface area contributed by atoms with Crippen molar-refractivity contribution in [3.05, 3.63) is 24.2 Å². The Balaban J connectivity index is 1.66. The van der Waals surface area contributed by atoms with Gasteiger partial charge in [-0.1, -0.05) is 0 Å². The minimum Gasteiger partial charge on any atom is -0.330 e. The van der Waals surface area contributed by atoms with Crippen molar-refractivity contribution in [2.75, 3.05) is 6.54 Å².